The number of allylic oxidation sites excluding steroid dienone is 2. The predicted octanol–water partition coefficient (Wildman–Crippen LogP) is 9.59. The van der Waals surface area contributed by atoms with Crippen molar-refractivity contribution in [2.24, 2.45) is 88.8 Å². The molecule has 21 atom stereocenters. The molecule has 0 aromatic carbocycles. The van der Waals surface area contributed by atoms with E-state index >= 15 is 0 Å². The topological polar surface area (TPSA) is 84.2 Å². The van der Waals surface area contributed by atoms with Crippen molar-refractivity contribution in [1.29, 1.82) is 1.45 Å². The van der Waals surface area contributed by atoms with Crippen LogP contribution in [0.15, 0.2) is 24.3 Å². The molecule has 1 saturated heterocycles. The molecule has 8 fully saturated rings. The van der Waals surface area contributed by atoms with Gasteiger partial charge < -0.3 is 20.4 Å². The zero-order chi connectivity index (χ0) is 39.5. The van der Waals surface area contributed by atoms with Crippen molar-refractivity contribution in [3.63, 3.8) is 0 Å². The molecular formula is C46H85F2NO4. The lowest BCUT2D eigenvalue weighted by molar-refractivity contribution is -0.0309. The first kappa shape index (κ1) is 44.8. The average Bonchev–Trinajstić information content (AvgIpc) is 4.00. The van der Waals surface area contributed by atoms with E-state index in [9.17, 15) is 24.8 Å². The smallest absolute Gasteiger partial charge is 0.269 e. The lowest BCUT2D eigenvalue weighted by Crippen LogP contribution is -2.41. The van der Waals surface area contributed by atoms with Gasteiger partial charge in [-0.25, -0.2) is 0 Å². The molecule has 4 N–H and O–H groups in total. The second-order valence-electron chi connectivity index (χ2n) is 19.7. The van der Waals surface area contributed by atoms with Gasteiger partial charge in [-0.05, 0) is 167 Å². The van der Waals surface area contributed by atoms with Crippen LogP contribution in [0.3, 0.4) is 0 Å². The summed E-state index contributed by atoms with van der Waals surface area (Å²) < 4.78 is 22.5. The SMILES string of the molecule is C.CC(C)N1[C@@H]2C=C[C@@H](C2)[C@H]1C.CC1C(C)[C@H]2C[C@@H]1C[C@@H]2C.CF.C[C@H]1C[C@@H]2C=C[C@H]1C2.C[C@H]1C[C@H]2C[C@@H]1C(O)C2O.C[C@H]1C[C@H]2C[C@@H]1C(O)C2O.[2H]F.[3HH]. The van der Waals surface area contributed by atoms with Crippen molar-refractivity contribution in [3.8, 4) is 0 Å². The molecule has 1 aliphatic heterocycles. The number of alkyl halides is 1. The van der Waals surface area contributed by atoms with E-state index in [4.69, 9.17) is 4.72 Å². The van der Waals surface area contributed by atoms with Crippen molar-refractivity contribution in [2.75, 3.05) is 7.18 Å². The lowest BCUT2D eigenvalue weighted by atomic mass is 9.77. The van der Waals surface area contributed by atoms with Crippen molar-refractivity contribution >= 4 is 0 Å². The van der Waals surface area contributed by atoms with E-state index < -0.39 is 24.4 Å². The highest BCUT2D eigenvalue weighted by atomic mass is 19.1. The number of fused-ring (bicyclic) bond motifs is 10. The molecule has 10 rings (SSSR count). The lowest BCUT2D eigenvalue weighted by Gasteiger charge is -2.33. The number of halogens is 2. The summed E-state index contributed by atoms with van der Waals surface area (Å²) in [6.07, 6.45) is 19.6. The van der Waals surface area contributed by atoms with Crippen LogP contribution < -0.4 is 0 Å². The average molecular weight is 757 g/mol. The molecule has 0 radical (unpaired) electrons. The Labute approximate surface area is 327 Å². The maximum Gasteiger partial charge on any atom is 0.269 e. The van der Waals surface area contributed by atoms with Crippen LogP contribution in [0, 0.1) is 88.8 Å². The third-order valence-electron chi connectivity index (χ3n) is 16.5. The summed E-state index contributed by atoms with van der Waals surface area (Å²) >= 11 is 0. The Morgan fingerprint density at radius 3 is 1.30 bits per heavy atom. The van der Waals surface area contributed by atoms with E-state index in [1.165, 1.54) is 25.7 Å². The second-order valence-corrected chi connectivity index (χ2v) is 19.7. The number of hydrogen-bond donors (Lipinski definition) is 4. The summed E-state index contributed by atoms with van der Waals surface area (Å²) in [5.41, 5.74) is 0. The van der Waals surface area contributed by atoms with Crippen LogP contribution in [-0.2, 0) is 0 Å². The molecule has 0 aromatic heterocycles. The first-order valence-electron chi connectivity index (χ1n) is 21.8. The van der Waals surface area contributed by atoms with Gasteiger partial charge in [-0.2, -0.15) is 0 Å². The fourth-order valence-corrected chi connectivity index (χ4v) is 13.3. The summed E-state index contributed by atoms with van der Waals surface area (Å²) in [6, 6.07) is 2.25. The first-order valence-corrected chi connectivity index (χ1v) is 21.4. The molecule has 10 bridgehead atoms. The van der Waals surface area contributed by atoms with Gasteiger partial charge >= 0.3 is 0 Å². The van der Waals surface area contributed by atoms with E-state index in [-0.39, 0.29) is 8.85 Å². The van der Waals surface area contributed by atoms with Crippen LogP contribution >= 0.6 is 0 Å². The highest BCUT2D eigenvalue weighted by Gasteiger charge is 2.51. The number of hydrogen-bond acceptors (Lipinski definition) is 5. The highest BCUT2D eigenvalue weighted by Crippen LogP contribution is 2.54. The van der Waals surface area contributed by atoms with Crippen molar-refractivity contribution < 1.29 is 31.0 Å². The summed E-state index contributed by atoms with van der Waals surface area (Å²) in [6.45, 7) is 21.0. The van der Waals surface area contributed by atoms with E-state index in [1.807, 2.05) is 0 Å². The fraction of sp³-hybridized carbons (Fsp3) is 0.913. The van der Waals surface area contributed by atoms with Gasteiger partial charge in [0, 0.05) is 19.6 Å². The molecule has 7 heteroatoms. The zero-order valence-corrected chi connectivity index (χ0v) is 34.4. The molecule has 0 amide bonds. The van der Waals surface area contributed by atoms with Crippen LogP contribution in [0.2, 0.25) is 0 Å². The highest BCUT2D eigenvalue weighted by molar-refractivity contribution is 5.16. The second kappa shape index (κ2) is 19.5. The van der Waals surface area contributed by atoms with Gasteiger partial charge in [-0.1, -0.05) is 73.3 Å². The van der Waals surface area contributed by atoms with E-state index in [2.05, 4.69) is 93.0 Å². The quantitative estimate of drug-likeness (QED) is 0.201. The minimum Gasteiger partial charge on any atom is -0.390 e. The Balaban J connectivity index is 0.000000231. The number of likely N-dealkylation sites (tertiary alicyclic amines) is 1. The first-order chi connectivity index (χ1) is 25.2. The molecule has 10 aliphatic rings. The van der Waals surface area contributed by atoms with Crippen molar-refractivity contribution in [1.82, 2.24) is 4.90 Å². The number of rotatable bonds is 1. The Bertz CT molecular complexity index is 1090. The largest absolute Gasteiger partial charge is 0.390 e. The van der Waals surface area contributed by atoms with Gasteiger partial charge in [0.1, 0.15) is 0 Å². The summed E-state index contributed by atoms with van der Waals surface area (Å²) in [4.78, 5) is 2.63. The van der Waals surface area contributed by atoms with Crippen molar-refractivity contribution in [3.05, 3.63) is 24.3 Å². The predicted molar refractivity (Wildman–Crippen MR) is 219 cm³/mol. The van der Waals surface area contributed by atoms with Gasteiger partial charge in [0.05, 0.1) is 31.6 Å². The van der Waals surface area contributed by atoms with E-state index in [0.717, 1.165) is 91.0 Å². The van der Waals surface area contributed by atoms with Crippen LogP contribution in [0.5, 0.6) is 0 Å². The summed E-state index contributed by atoms with van der Waals surface area (Å²) in [5.74, 6) is 11.9. The number of nitrogens with zero attached hydrogens (tertiary/aromatic N) is 1. The molecule has 0 spiro atoms. The molecule has 0 aromatic rings. The number of aliphatic hydroxyl groups is 4. The Hall–Kier alpha value is -0.860. The molecule has 1 heterocycles. The summed E-state index contributed by atoms with van der Waals surface area (Å²) in [7, 11) is 0.500. The Morgan fingerprint density at radius 1 is 0.566 bits per heavy atom. The maximum atomic E-state index is 9.50. The zero-order valence-electron chi connectivity index (χ0n) is 35.4. The Morgan fingerprint density at radius 2 is 1.04 bits per heavy atom. The van der Waals surface area contributed by atoms with Gasteiger partial charge in [0.2, 0.25) is 0 Å². The Kier molecular flexibility index (Phi) is 16.5. The minimum absolute atomic E-state index is 0. The van der Waals surface area contributed by atoms with Gasteiger partial charge in [0.15, 0.2) is 0 Å². The normalized spacial score (nSPS) is 50.6. The van der Waals surface area contributed by atoms with Crippen LogP contribution in [-0.4, -0.2) is 76.5 Å². The standard InChI is InChI=1S/C10H17N.C10H18.2C8H14O2.C8H12.CH3F.CH4.FH.H2/c1-7(2)11-8(3)9-4-5-10(11)6-9;1-6-4-9-5-10(6)8(3)7(9)2;2*1-4-2-5-3-6(4)8(10)7(5)9;1-6-4-7-2-3-8(6)5-7;1-2;;;/h4-5,7-10H,6H2,1-3H3;6-10H,4-5H2,1-3H3;2*4-10H,2-3H2,1H3;2-3,6-8H,4-5H2,1H3;1H3;1H4;2*1H/t8-,9+,10-;6-,7?,8?,9-,10-;2*4-,5-,6-,7?,8?;6-,7-,8-;;;;/m10000..../s1/i;;;;;;;;1+2/hD. The van der Waals surface area contributed by atoms with E-state index in [0.29, 0.717) is 48.7 Å². The molecule has 312 valence electrons. The van der Waals surface area contributed by atoms with Crippen LogP contribution in [0.25, 0.3) is 0 Å². The number of aliphatic hydroxyl groups excluding tert-OH is 4. The summed E-state index contributed by atoms with van der Waals surface area (Å²) in [5, 5.41) is 37.5. The molecule has 6 unspecified atom stereocenters. The fourth-order valence-electron chi connectivity index (χ4n) is 13.3. The van der Waals surface area contributed by atoms with E-state index in [1.54, 1.807) is 6.42 Å². The molecule has 9 aliphatic carbocycles. The van der Waals surface area contributed by atoms with Crippen molar-refractivity contribution in [2.45, 2.75) is 170 Å². The van der Waals surface area contributed by atoms with Gasteiger partial charge in [0.25, 0.3) is 1.45 Å². The molecule has 5 nitrogen and oxygen atoms in total. The van der Waals surface area contributed by atoms with Crippen LogP contribution in [0.4, 0.5) is 9.11 Å². The third-order valence-corrected chi connectivity index (χ3v) is 16.5. The monoisotopic (exact) mass is 757 g/mol. The van der Waals surface area contributed by atoms with Gasteiger partial charge in [-0.15, -0.1) is 0 Å². The van der Waals surface area contributed by atoms with Crippen LogP contribution in [0.1, 0.15) is 129 Å². The molecular weight excluding hydrogens is 669 g/mol. The minimum atomic E-state index is -0.422. The van der Waals surface area contributed by atoms with Gasteiger partial charge in [-0.3, -0.25) is 14.0 Å². The molecule has 7 saturated carbocycles. The maximum absolute atomic E-state index is 9.50. The third kappa shape index (κ3) is 9.65. The molecule has 53 heavy (non-hydrogen) atoms.